The second kappa shape index (κ2) is 5.14. The van der Waals surface area contributed by atoms with Crippen molar-refractivity contribution in [1.82, 2.24) is 0 Å². The maximum atomic E-state index is 10.5. The van der Waals surface area contributed by atoms with Gasteiger partial charge in [0.25, 0.3) is 0 Å². The molecule has 0 fully saturated rings. The number of anilines is 1. The number of aldehydes is 2. The first-order chi connectivity index (χ1) is 6.80. The number of rotatable bonds is 5. The van der Waals surface area contributed by atoms with Crippen LogP contribution in [0, 0.1) is 0 Å². The summed E-state index contributed by atoms with van der Waals surface area (Å²) >= 11 is 0. The highest BCUT2D eigenvalue weighted by atomic mass is 16.3. The number of hydrogen-bond acceptors (Lipinski definition) is 4. The molecule has 0 aliphatic heterocycles. The molecule has 0 heterocycles. The van der Waals surface area contributed by atoms with Gasteiger partial charge >= 0.3 is 0 Å². The van der Waals surface area contributed by atoms with Crippen molar-refractivity contribution in [3.63, 3.8) is 0 Å². The molecular formula is C10H11NO3. The van der Waals surface area contributed by atoms with Crippen LogP contribution >= 0.6 is 0 Å². The Kier molecular flexibility index (Phi) is 3.82. The third kappa shape index (κ3) is 2.67. The minimum absolute atomic E-state index is 0.00173. The zero-order chi connectivity index (χ0) is 10.4. The zero-order valence-corrected chi connectivity index (χ0v) is 7.56. The molecule has 0 aromatic heterocycles. The molecule has 1 aromatic carbocycles. The largest absolute Gasteiger partial charge is 0.395 e. The van der Waals surface area contributed by atoms with Gasteiger partial charge in [-0.25, -0.2) is 0 Å². The molecular weight excluding hydrogens is 182 g/mol. The van der Waals surface area contributed by atoms with Gasteiger partial charge < -0.3 is 10.4 Å². The molecule has 4 heteroatoms. The van der Waals surface area contributed by atoms with E-state index in [1.54, 1.807) is 12.1 Å². The molecule has 1 rings (SSSR count). The number of hydrogen-bond donors (Lipinski definition) is 2. The number of aliphatic hydroxyl groups excluding tert-OH is 1. The Balaban J connectivity index is 2.92. The van der Waals surface area contributed by atoms with Crippen LogP contribution < -0.4 is 5.32 Å². The smallest absolute Gasteiger partial charge is 0.150 e. The fourth-order valence-corrected chi connectivity index (χ4v) is 1.11. The summed E-state index contributed by atoms with van der Waals surface area (Å²) in [5.74, 6) is 0. The van der Waals surface area contributed by atoms with Crippen molar-refractivity contribution in [3.8, 4) is 0 Å². The Hall–Kier alpha value is -1.68. The van der Waals surface area contributed by atoms with Gasteiger partial charge in [-0.3, -0.25) is 9.59 Å². The van der Waals surface area contributed by atoms with Crippen molar-refractivity contribution in [2.45, 2.75) is 0 Å². The van der Waals surface area contributed by atoms with Crippen molar-refractivity contribution in [2.24, 2.45) is 0 Å². The van der Waals surface area contributed by atoms with Gasteiger partial charge in [0, 0.05) is 23.4 Å². The highest BCUT2D eigenvalue weighted by Gasteiger charge is 1.99. The molecule has 0 radical (unpaired) electrons. The van der Waals surface area contributed by atoms with E-state index in [2.05, 4.69) is 5.32 Å². The fourth-order valence-electron chi connectivity index (χ4n) is 1.11. The van der Waals surface area contributed by atoms with Gasteiger partial charge in [-0.1, -0.05) is 0 Å². The van der Waals surface area contributed by atoms with E-state index in [9.17, 15) is 9.59 Å². The summed E-state index contributed by atoms with van der Waals surface area (Å²) in [7, 11) is 0. The van der Waals surface area contributed by atoms with Crippen LogP contribution in [-0.4, -0.2) is 30.8 Å². The van der Waals surface area contributed by atoms with Gasteiger partial charge in [-0.2, -0.15) is 0 Å². The molecule has 0 saturated carbocycles. The summed E-state index contributed by atoms with van der Waals surface area (Å²) < 4.78 is 0. The van der Waals surface area contributed by atoms with Gasteiger partial charge in [0.1, 0.15) is 12.6 Å². The predicted molar refractivity (Wildman–Crippen MR) is 52.8 cm³/mol. The van der Waals surface area contributed by atoms with E-state index < -0.39 is 0 Å². The average Bonchev–Trinajstić information content (AvgIpc) is 2.25. The van der Waals surface area contributed by atoms with E-state index in [4.69, 9.17) is 5.11 Å². The first-order valence-corrected chi connectivity index (χ1v) is 4.20. The number of benzene rings is 1. The van der Waals surface area contributed by atoms with Crippen LogP contribution in [-0.2, 0) is 0 Å². The maximum absolute atomic E-state index is 10.5. The Morgan fingerprint density at radius 2 is 1.71 bits per heavy atom. The lowest BCUT2D eigenvalue weighted by molar-refractivity contribution is 0.112. The number of carbonyl (C=O) groups excluding carboxylic acids is 2. The lowest BCUT2D eigenvalue weighted by Gasteiger charge is -2.05. The van der Waals surface area contributed by atoms with E-state index in [-0.39, 0.29) is 6.61 Å². The predicted octanol–water partition coefficient (Wildman–Crippen LogP) is 0.716. The van der Waals surface area contributed by atoms with Crippen LogP contribution in [0.25, 0.3) is 0 Å². The van der Waals surface area contributed by atoms with E-state index >= 15 is 0 Å². The lowest BCUT2D eigenvalue weighted by Crippen LogP contribution is -2.06. The zero-order valence-electron chi connectivity index (χ0n) is 7.56. The topological polar surface area (TPSA) is 66.4 Å². The van der Waals surface area contributed by atoms with Gasteiger partial charge in [0.2, 0.25) is 0 Å². The van der Waals surface area contributed by atoms with Crippen LogP contribution in [0.3, 0.4) is 0 Å². The minimum atomic E-state index is 0.00173. The summed E-state index contributed by atoms with van der Waals surface area (Å²) in [6.45, 7) is 0.391. The van der Waals surface area contributed by atoms with Crippen LogP contribution in [0.4, 0.5) is 5.69 Å². The molecule has 0 spiro atoms. The van der Waals surface area contributed by atoms with Gasteiger partial charge in [-0.15, -0.1) is 0 Å². The summed E-state index contributed by atoms with van der Waals surface area (Å²) in [6, 6.07) is 4.75. The normalized spacial score (nSPS) is 9.50. The van der Waals surface area contributed by atoms with Crippen LogP contribution in [0.1, 0.15) is 20.7 Å². The third-order valence-corrected chi connectivity index (χ3v) is 1.69. The molecule has 0 aliphatic rings. The SMILES string of the molecule is O=Cc1cc(C=O)cc(NCCO)c1. The monoisotopic (exact) mass is 193 g/mol. The minimum Gasteiger partial charge on any atom is -0.395 e. The van der Waals surface area contributed by atoms with Crippen LogP contribution in [0.15, 0.2) is 18.2 Å². The molecule has 0 amide bonds. The average molecular weight is 193 g/mol. The Morgan fingerprint density at radius 3 is 2.14 bits per heavy atom. The first-order valence-electron chi connectivity index (χ1n) is 4.20. The third-order valence-electron chi connectivity index (χ3n) is 1.69. The number of carbonyl (C=O) groups is 2. The molecule has 74 valence electrons. The van der Waals surface area contributed by atoms with Crippen molar-refractivity contribution in [3.05, 3.63) is 29.3 Å². The molecule has 0 aliphatic carbocycles. The van der Waals surface area contributed by atoms with Gasteiger partial charge in [0.05, 0.1) is 6.61 Å². The van der Waals surface area contributed by atoms with Crippen molar-refractivity contribution in [1.29, 1.82) is 0 Å². The number of aliphatic hydroxyl groups is 1. The van der Waals surface area contributed by atoms with Gasteiger partial charge in [0.15, 0.2) is 0 Å². The van der Waals surface area contributed by atoms with E-state index in [0.29, 0.717) is 35.9 Å². The fraction of sp³-hybridized carbons (Fsp3) is 0.200. The molecule has 0 bridgehead atoms. The van der Waals surface area contributed by atoms with E-state index in [1.807, 2.05) is 0 Å². The highest BCUT2D eigenvalue weighted by Crippen LogP contribution is 2.12. The first kappa shape index (κ1) is 10.4. The Labute approximate surface area is 81.6 Å². The summed E-state index contributed by atoms with van der Waals surface area (Å²) in [6.07, 6.45) is 1.36. The summed E-state index contributed by atoms with van der Waals surface area (Å²) in [4.78, 5) is 21.0. The molecule has 2 N–H and O–H groups in total. The van der Waals surface area contributed by atoms with E-state index in [0.717, 1.165) is 0 Å². The summed E-state index contributed by atoms with van der Waals surface area (Å²) in [5, 5.41) is 11.5. The maximum Gasteiger partial charge on any atom is 0.150 e. The van der Waals surface area contributed by atoms with Crippen LogP contribution in [0.2, 0.25) is 0 Å². The Morgan fingerprint density at radius 1 is 1.14 bits per heavy atom. The van der Waals surface area contributed by atoms with E-state index in [1.165, 1.54) is 6.07 Å². The van der Waals surface area contributed by atoms with Crippen molar-refractivity contribution < 1.29 is 14.7 Å². The molecule has 0 unspecified atom stereocenters. The lowest BCUT2D eigenvalue weighted by atomic mass is 10.1. The van der Waals surface area contributed by atoms with Crippen molar-refractivity contribution in [2.75, 3.05) is 18.5 Å². The molecule has 1 aromatic rings. The molecule has 0 saturated heterocycles. The Bertz CT molecular complexity index is 310. The number of nitrogens with one attached hydrogen (secondary N) is 1. The van der Waals surface area contributed by atoms with Crippen molar-refractivity contribution >= 4 is 18.3 Å². The standard InChI is InChI=1S/C10H11NO3/c12-2-1-11-10-4-8(6-13)3-9(5-10)7-14/h3-7,11-12H,1-2H2. The van der Waals surface area contributed by atoms with Gasteiger partial charge in [-0.05, 0) is 18.2 Å². The highest BCUT2D eigenvalue weighted by molar-refractivity contribution is 5.84. The molecule has 14 heavy (non-hydrogen) atoms. The second-order valence-corrected chi connectivity index (χ2v) is 2.77. The summed E-state index contributed by atoms with van der Waals surface area (Å²) in [5.41, 5.74) is 1.54. The second-order valence-electron chi connectivity index (χ2n) is 2.77. The molecule has 4 nitrogen and oxygen atoms in total. The van der Waals surface area contributed by atoms with Crippen LogP contribution in [0.5, 0.6) is 0 Å². The quantitative estimate of drug-likeness (QED) is 0.676. The molecule has 0 atom stereocenters.